The van der Waals surface area contributed by atoms with E-state index >= 15 is 4.39 Å². The van der Waals surface area contributed by atoms with Crippen LogP contribution in [0.4, 0.5) is 19.4 Å². The number of carbonyl (C=O) groups is 1. The smallest absolute Gasteiger partial charge is 0.410 e. The summed E-state index contributed by atoms with van der Waals surface area (Å²) in [7, 11) is -3.61. The van der Waals surface area contributed by atoms with E-state index in [4.69, 9.17) is 9.47 Å². The third-order valence-electron chi connectivity index (χ3n) is 6.55. The molecule has 1 amide bonds. The Bertz CT molecular complexity index is 1240. The Morgan fingerprint density at radius 3 is 2.41 bits per heavy atom. The number of halogens is 2. The number of nitrogens with zero attached hydrogens (tertiary/aromatic N) is 4. The average molecular weight is 495 g/mol. The summed E-state index contributed by atoms with van der Waals surface area (Å²) in [5, 5.41) is 0. The predicted octanol–water partition coefficient (Wildman–Crippen LogP) is 3.29. The number of likely N-dealkylation sites (tertiary alicyclic amines) is 1. The first-order chi connectivity index (χ1) is 16.0. The molecule has 34 heavy (non-hydrogen) atoms. The quantitative estimate of drug-likeness (QED) is 0.624. The average Bonchev–Trinajstić information content (AvgIpc) is 3.44. The maximum Gasteiger partial charge on any atom is 0.410 e. The van der Waals surface area contributed by atoms with Crippen molar-refractivity contribution in [2.75, 3.05) is 24.2 Å². The molecular formula is C22H24F2N4O5S. The zero-order valence-electron chi connectivity index (χ0n) is 18.7. The maximum atomic E-state index is 15.4. The topological polar surface area (TPSA) is 102 Å². The summed E-state index contributed by atoms with van der Waals surface area (Å²) in [6.07, 6.45) is 4.97. The van der Waals surface area contributed by atoms with Gasteiger partial charge in [-0.3, -0.25) is 0 Å². The Hall–Kier alpha value is -3.02. The molecule has 0 N–H and O–H groups in total. The van der Waals surface area contributed by atoms with Crippen molar-refractivity contribution >= 4 is 21.7 Å². The Balaban J connectivity index is 1.35. The number of benzene rings is 1. The van der Waals surface area contributed by atoms with Gasteiger partial charge in [-0.2, -0.15) is 9.37 Å². The molecule has 9 nitrogen and oxygen atoms in total. The van der Waals surface area contributed by atoms with Gasteiger partial charge in [-0.15, -0.1) is 0 Å². The molecular weight excluding hydrogens is 470 g/mol. The van der Waals surface area contributed by atoms with Crippen LogP contribution in [0.15, 0.2) is 29.4 Å². The summed E-state index contributed by atoms with van der Waals surface area (Å²) in [6, 6.07) is 2.80. The molecule has 12 heteroatoms. The molecule has 3 fully saturated rings. The van der Waals surface area contributed by atoms with Crippen molar-refractivity contribution in [2.45, 2.75) is 55.2 Å². The van der Waals surface area contributed by atoms with E-state index in [-0.39, 0.29) is 40.2 Å². The van der Waals surface area contributed by atoms with Crippen LogP contribution >= 0.6 is 0 Å². The number of anilines is 1. The van der Waals surface area contributed by atoms with Gasteiger partial charge in [0.2, 0.25) is 5.82 Å². The second kappa shape index (κ2) is 8.03. The maximum absolute atomic E-state index is 15.4. The molecule has 1 aromatic carbocycles. The number of carbonyl (C=O) groups excluding carboxylic acids is 1. The lowest BCUT2D eigenvalue weighted by atomic mass is 10.2. The summed E-state index contributed by atoms with van der Waals surface area (Å²) in [5.74, 6) is -2.63. The normalized spacial score (nSPS) is 23.1. The Morgan fingerprint density at radius 2 is 1.82 bits per heavy atom. The Morgan fingerprint density at radius 1 is 1.15 bits per heavy atom. The van der Waals surface area contributed by atoms with Gasteiger partial charge in [-0.05, 0) is 50.8 Å². The van der Waals surface area contributed by atoms with Gasteiger partial charge >= 0.3 is 6.09 Å². The fourth-order valence-electron chi connectivity index (χ4n) is 4.45. The first-order valence-electron chi connectivity index (χ1n) is 11.0. The molecule has 2 aromatic rings. The van der Waals surface area contributed by atoms with E-state index in [1.165, 1.54) is 6.07 Å². The number of ether oxygens (including phenoxy) is 2. The lowest BCUT2D eigenvalue weighted by molar-refractivity contribution is 0.0527. The van der Waals surface area contributed by atoms with E-state index in [9.17, 15) is 17.6 Å². The van der Waals surface area contributed by atoms with Crippen LogP contribution in [0.2, 0.25) is 0 Å². The van der Waals surface area contributed by atoms with Crippen molar-refractivity contribution in [3.8, 4) is 11.6 Å². The van der Waals surface area contributed by atoms with E-state index in [2.05, 4.69) is 9.97 Å². The van der Waals surface area contributed by atoms with E-state index in [0.717, 1.165) is 50.4 Å². The van der Waals surface area contributed by atoms with Crippen LogP contribution in [-0.2, 0) is 14.6 Å². The predicted molar refractivity (Wildman–Crippen MR) is 117 cm³/mol. The van der Waals surface area contributed by atoms with Gasteiger partial charge in [0, 0.05) is 31.4 Å². The number of fused-ring (bicyclic) bond motifs is 2. The van der Waals surface area contributed by atoms with Crippen LogP contribution in [0.5, 0.6) is 11.6 Å². The van der Waals surface area contributed by atoms with E-state index < -0.39 is 27.4 Å². The number of amides is 1. The minimum absolute atomic E-state index is 0.0211. The lowest BCUT2D eigenvalue weighted by Gasteiger charge is -2.41. The number of piperazine rings is 1. The summed E-state index contributed by atoms with van der Waals surface area (Å²) in [6.45, 7) is 2.67. The SMILES string of the molecule is CC1(OC(=O)N2CC3CCC(C2)N3c2ncnc(Oc3ccc(S(C)(=O)=O)cc3F)c2F)CC1. The second-order valence-corrected chi connectivity index (χ2v) is 11.3. The molecule has 0 radical (unpaired) electrons. The largest absolute Gasteiger partial charge is 0.443 e. The van der Waals surface area contributed by atoms with Gasteiger partial charge < -0.3 is 19.3 Å². The van der Waals surface area contributed by atoms with Gasteiger partial charge in [0.1, 0.15) is 11.9 Å². The Kier molecular flexibility index (Phi) is 5.38. The van der Waals surface area contributed by atoms with Crippen molar-refractivity contribution in [2.24, 2.45) is 0 Å². The molecule has 1 aromatic heterocycles. The number of rotatable bonds is 5. The number of hydrogen-bond acceptors (Lipinski definition) is 8. The van der Waals surface area contributed by atoms with Crippen LogP contribution in [0.25, 0.3) is 0 Å². The molecule has 2 bridgehead atoms. The van der Waals surface area contributed by atoms with Crippen molar-refractivity contribution in [1.82, 2.24) is 14.9 Å². The van der Waals surface area contributed by atoms with Crippen LogP contribution in [0.3, 0.4) is 0 Å². The standard InChI is InChI=1S/C22H24F2N4O5S/c1-22(7-8-22)33-21(29)27-10-13-3-4-14(11-27)28(13)19-18(24)20(26-12-25-19)32-17-6-5-15(9-16(17)23)34(2,30)31/h5-6,9,12-14H,3-4,7-8,10-11H2,1-2H3. The van der Waals surface area contributed by atoms with Crippen molar-refractivity contribution in [1.29, 1.82) is 0 Å². The second-order valence-electron chi connectivity index (χ2n) is 9.30. The highest BCUT2D eigenvalue weighted by molar-refractivity contribution is 7.90. The molecule has 1 aliphatic carbocycles. The highest BCUT2D eigenvalue weighted by atomic mass is 32.2. The van der Waals surface area contributed by atoms with E-state index in [1.807, 2.05) is 11.8 Å². The molecule has 2 atom stereocenters. The minimum Gasteiger partial charge on any atom is -0.443 e. The third kappa shape index (κ3) is 4.26. The number of sulfone groups is 1. The molecule has 2 unspecified atom stereocenters. The molecule has 3 heterocycles. The molecule has 182 valence electrons. The summed E-state index contributed by atoms with van der Waals surface area (Å²) >= 11 is 0. The first-order valence-corrected chi connectivity index (χ1v) is 12.9. The van der Waals surface area contributed by atoms with Crippen molar-refractivity contribution in [3.63, 3.8) is 0 Å². The fourth-order valence-corrected chi connectivity index (χ4v) is 5.08. The van der Waals surface area contributed by atoms with E-state index in [1.54, 1.807) is 4.90 Å². The van der Waals surface area contributed by atoms with Crippen molar-refractivity contribution in [3.05, 3.63) is 36.2 Å². The fraction of sp³-hybridized carbons (Fsp3) is 0.500. The first kappa shape index (κ1) is 22.8. The Labute approximate surface area is 195 Å². The summed E-state index contributed by atoms with van der Waals surface area (Å²) in [4.78, 5) is 23.7. The molecule has 3 aliphatic rings. The molecule has 2 saturated heterocycles. The zero-order chi connectivity index (χ0) is 24.3. The van der Waals surface area contributed by atoms with E-state index in [0.29, 0.717) is 13.1 Å². The van der Waals surface area contributed by atoms with Crippen molar-refractivity contribution < 1.29 is 31.5 Å². The highest BCUT2D eigenvalue weighted by Gasteiger charge is 2.47. The van der Waals surface area contributed by atoms with Crippen LogP contribution < -0.4 is 9.64 Å². The van der Waals surface area contributed by atoms with Crippen LogP contribution in [0, 0.1) is 11.6 Å². The summed E-state index contributed by atoms with van der Waals surface area (Å²) < 4.78 is 63.9. The summed E-state index contributed by atoms with van der Waals surface area (Å²) in [5.41, 5.74) is -0.368. The van der Waals surface area contributed by atoms with Crippen LogP contribution in [0.1, 0.15) is 32.6 Å². The highest BCUT2D eigenvalue weighted by Crippen LogP contribution is 2.41. The molecule has 1 saturated carbocycles. The molecule has 0 spiro atoms. The van der Waals surface area contributed by atoms with Gasteiger partial charge in [-0.1, -0.05) is 0 Å². The van der Waals surface area contributed by atoms with Crippen LogP contribution in [-0.4, -0.2) is 66.4 Å². The van der Waals surface area contributed by atoms with Gasteiger partial charge in [0.15, 0.2) is 27.2 Å². The third-order valence-corrected chi connectivity index (χ3v) is 7.66. The molecule has 5 rings (SSSR count). The van der Waals surface area contributed by atoms with Gasteiger partial charge in [0.25, 0.3) is 5.88 Å². The molecule has 2 aliphatic heterocycles. The zero-order valence-corrected chi connectivity index (χ0v) is 19.5. The lowest BCUT2D eigenvalue weighted by Crippen LogP contribution is -2.56. The number of aromatic nitrogens is 2. The monoisotopic (exact) mass is 494 g/mol. The minimum atomic E-state index is -3.61. The van der Waals surface area contributed by atoms with Gasteiger partial charge in [0.05, 0.1) is 4.90 Å². The number of hydrogen-bond donors (Lipinski definition) is 0. The van der Waals surface area contributed by atoms with Gasteiger partial charge in [-0.25, -0.2) is 22.6 Å².